The highest BCUT2D eigenvalue weighted by molar-refractivity contribution is 5.85. The van der Waals surface area contributed by atoms with Crippen LogP contribution >= 0.6 is 12.4 Å². The molecule has 118 valence electrons. The number of nitrogens with zero attached hydrogens (tertiary/aromatic N) is 3. The Morgan fingerprint density at radius 3 is 3.05 bits per heavy atom. The van der Waals surface area contributed by atoms with E-state index in [0.717, 1.165) is 44.9 Å². The molecule has 3 heterocycles. The number of ether oxygens (including phenoxy) is 1. The number of halogens is 1. The molecule has 2 fully saturated rings. The molecular weight excluding hydrogens is 292 g/mol. The number of rotatable bonds is 2. The maximum absolute atomic E-state index is 12.8. The minimum atomic E-state index is 0. The molecule has 21 heavy (non-hydrogen) atoms. The average molecular weight is 315 g/mol. The zero-order valence-electron chi connectivity index (χ0n) is 12.3. The summed E-state index contributed by atoms with van der Waals surface area (Å²) in [5.41, 5.74) is 0. The molecule has 0 radical (unpaired) electrons. The van der Waals surface area contributed by atoms with Crippen molar-refractivity contribution in [2.24, 2.45) is 13.0 Å². The van der Waals surface area contributed by atoms with Crippen molar-refractivity contribution in [1.82, 2.24) is 19.8 Å². The summed E-state index contributed by atoms with van der Waals surface area (Å²) in [6, 6.07) is 0.0261. The molecule has 1 aromatic heterocycles. The van der Waals surface area contributed by atoms with Crippen LogP contribution in [0.15, 0.2) is 12.4 Å². The number of aromatic nitrogens is 2. The van der Waals surface area contributed by atoms with Crippen molar-refractivity contribution >= 4 is 18.3 Å². The second-order valence-electron chi connectivity index (χ2n) is 5.56. The first-order chi connectivity index (χ1) is 9.77. The Kier molecular flexibility index (Phi) is 5.61. The topological polar surface area (TPSA) is 59.4 Å². The third-order valence-corrected chi connectivity index (χ3v) is 4.19. The third kappa shape index (κ3) is 3.39. The molecule has 2 saturated heterocycles. The molecule has 3 rings (SSSR count). The van der Waals surface area contributed by atoms with E-state index in [1.54, 1.807) is 6.20 Å². The van der Waals surface area contributed by atoms with Crippen LogP contribution in [0.3, 0.4) is 0 Å². The minimum Gasteiger partial charge on any atom is -0.381 e. The van der Waals surface area contributed by atoms with Crippen LogP contribution in [0.5, 0.6) is 0 Å². The van der Waals surface area contributed by atoms with Crippen molar-refractivity contribution in [1.29, 1.82) is 0 Å². The van der Waals surface area contributed by atoms with Gasteiger partial charge in [0.05, 0.1) is 12.5 Å². The summed E-state index contributed by atoms with van der Waals surface area (Å²) in [5.74, 6) is 1.19. The molecule has 0 spiro atoms. The largest absolute Gasteiger partial charge is 0.381 e. The maximum Gasteiger partial charge on any atom is 0.228 e. The predicted octanol–water partition coefficient (Wildman–Crippen LogP) is 0.741. The Morgan fingerprint density at radius 1 is 1.52 bits per heavy atom. The Hall–Kier alpha value is -1.11. The first-order valence-corrected chi connectivity index (χ1v) is 7.33. The van der Waals surface area contributed by atoms with Gasteiger partial charge in [0.2, 0.25) is 5.91 Å². The van der Waals surface area contributed by atoms with Gasteiger partial charge >= 0.3 is 0 Å². The summed E-state index contributed by atoms with van der Waals surface area (Å²) in [7, 11) is 1.98. The Bertz CT molecular complexity index is 473. The van der Waals surface area contributed by atoms with Gasteiger partial charge in [-0.05, 0) is 12.8 Å². The van der Waals surface area contributed by atoms with Gasteiger partial charge in [0, 0.05) is 45.7 Å². The summed E-state index contributed by atoms with van der Waals surface area (Å²) in [6.07, 6.45) is 5.64. The normalized spacial score (nSPS) is 26.2. The predicted molar refractivity (Wildman–Crippen MR) is 81.3 cm³/mol. The zero-order chi connectivity index (χ0) is 13.9. The number of aryl methyl sites for hydroxylation is 1. The first-order valence-electron chi connectivity index (χ1n) is 7.33. The van der Waals surface area contributed by atoms with Crippen LogP contribution in [0.2, 0.25) is 0 Å². The lowest BCUT2D eigenvalue weighted by Gasteiger charge is -2.38. The van der Waals surface area contributed by atoms with Gasteiger partial charge in [-0.2, -0.15) is 0 Å². The summed E-state index contributed by atoms with van der Waals surface area (Å²) in [4.78, 5) is 19.2. The maximum atomic E-state index is 12.8. The number of hydrogen-bond acceptors (Lipinski definition) is 4. The molecular formula is C14H23ClN4O2. The van der Waals surface area contributed by atoms with E-state index >= 15 is 0 Å². The van der Waals surface area contributed by atoms with Crippen LogP contribution in [-0.2, 0) is 16.6 Å². The van der Waals surface area contributed by atoms with E-state index in [1.165, 1.54) is 0 Å². The Morgan fingerprint density at radius 2 is 2.38 bits per heavy atom. The summed E-state index contributed by atoms with van der Waals surface area (Å²) >= 11 is 0. The monoisotopic (exact) mass is 314 g/mol. The summed E-state index contributed by atoms with van der Waals surface area (Å²) in [5, 5.41) is 3.36. The van der Waals surface area contributed by atoms with Crippen LogP contribution in [0.25, 0.3) is 0 Å². The fourth-order valence-electron chi connectivity index (χ4n) is 3.07. The molecule has 2 aliphatic heterocycles. The lowest BCUT2D eigenvalue weighted by atomic mass is 9.99. The molecule has 0 aromatic carbocycles. The van der Waals surface area contributed by atoms with Gasteiger partial charge in [-0.25, -0.2) is 4.98 Å². The van der Waals surface area contributed by atoms with E-state index in [1.807, 2.05) is 22.7 Å². The molecule has 1 amide bonds. The van der Waals surface area contributed by atoms with Gasteiger partial charge in [0.1, 0.15) is 11.9 Å². The molecule has 2 aliphatic rings. The van der Waals surface area contributed by atoms with Gasteiger partial charge in [-0.1, -0.05) is 0 Å². The van der Waals surface area contributed by atoms with Crippen molar-refractivity contribution in [3.63, 3.8) is 0 Å². The van der Waals surface area contributed by atoms with Gasteiger partial charge in [0.25, 0.3) is 0 Å². The molecule has 0 aliphatic carbocycles. The number of carbonyl (C=O) groups is 1. The van der Waals surface area contributed by atoms with Crippen LogP contribution in [-0.4, -0.2) is 53.2 Å². The Balaban J connectivity index is 0.00000161. The number of hydrogen-bond donors (Lipinski definition) is 1. The second kappa shape index (κ2) is 7.24. The van der Waals surface area contributed by atoms with Gasteiger partial charge in [-0.3, -0.25) is 4.79 Å². The van der Waals surface area contributed by atoms with Crippen molar-refractivity contribution in [3.05, 3.63) is 18.2 Å². The average Bonchev–Trinajstić information content (AvgIpc) is 2.93. The summed E-state index contributed by atoms with van der Waals surface area (Å²) < 4.78 is 7.46. The van der Waals surface area contributed by atoms with E-state index in [-0.39, 0.29) is 30.3 Å². The van der Waals surface area contributed by atoms with Crippen LogP contribution in [0.1, 0.15) is 24.7 Å². The molecule has 2 atom stereocenters. The smallest absolute Gasteiger partial charge is 0.228 e. The van der Waals surface area contributed by atoms with Crippen LogP contribution < -0.4 is 5.32 Å². The van der Waals surface area contributed by atoms with E-state index in [9.17, 15) is 4.79 Å². The number of piperazine rings is 1. The number of amides is 1. The van der Waals surface area contributed by atoms with Crippen molar-refractivity contribution in [2.75, 3.05) is 32.8 Å². The molecule has 7 heteroatoms. The first kappa shape index (κ1) is 16.3. The SMILES string of the molecule is Cl.Cn1ccnc1C1CNCCN1C(=O)C1CCCOC1. The highest BCUT2D eigenvalue weighted by atomic mass is 35.5. The van der Waals surface area contributed by atoms with Crippen molar-refractivity contribution in [2.45, 2.75) is 18.9 Å². The quantitative estimate of drug-likeness (QED) is 0.875. The van der Waals surface area contributed by atoms with Crippen molar-refractivity contribution < 1.29 is 9.53 Å². The zero-order valence-corrected chi connectivity index (χ0v) is 13.1. The lowest BCUT2D eigenvalue weighted by molar-refractivity contribution is -0.143. The highest BCUT2D eigenvalue weighted by Crippen LogP contribution is 2.25. The van der Waals surface area contributed by atoms with Crippen LogP contribution in [0.4, 0.5) is 0 Å². The lowest BCUT2D eigenvalue weighted by Crippen LogP contribution is -2.52. The molecule has 0 saturated carbocycles. The Labute approximate surface area is 131 Å². The highest BCUT2D eigenvalue weighted by Gasteiger charge is 2.34. The van der Waals surface area contributed by atoms with E-state index in [4.69, 9.17) is 4.74 Å². The molecule has 0 bridgehead atoms. The van der Waals surface area contributed by atoms with E-state index < -0.39 is 0 Å². The van der Waals surface area contributed by atoms with Gasteiger partial charge in [0.15, 0.2) is 0 Å². The number of nitrogens with one attached hydrogen (secondary N) is 1. The van der Waals surface area contributed by atoms with E-state index in [0.29, 0.717) is 6.61 Å². The van der Waals surface area contributed by atoms with Gasteiger partial charge in [-0.15, -0.1) is 12.4 Å². The van der Waals surface area contributed by atoms with Crippen LogP contribution in [0, 0.1) is 5.92 Å². The fourth-order valence-corrected chi connectivity index (χ4v) is 3.07. The summed E-state index contributed by atoms with van der Waals surface area (Å²) in [6.45, 7) is 3.71. The number of imidazole rings is 1. The van der Waals surface area contributed by atoms with Gasteiger partial charge < -0.3 is 19.5 Å². The third-order valence-electron chi connectivity index (χ3n) is 4.19. The molecule has 2 unspecified atom stereocenters. The second-order valence-corrected chi connectivity index (χ2v) is 5.56. The van der Waals surface area contributed by atoms with E-state index in [2.05, 4.69) is 10.3 Å². The van der Waals surface area contributed by atoms with Crippen molar-refractivity contribution in [3.8, 4) is 0 Å². The standard InChI is InChI=1S/C14H22N4O2.ClH/c1-17-6-5-16-13(17)12-9-15-4-7-18(12)14(19)11-3-2-8-20-10-11;/h5-6,11-12,15H,2-4,7-10H2,1H3;1H. The molecule has 1 N–H and O–H groups in total. The molecule has 1 aromatic rings. The minimum absolute atomic E-state index is 0. The number of carbonyl (C=O) groups excluding carboxylic acids is 1. The molecule has 6 nitrogen and oxygen atoms in total. The fraction of sp³-hybridized carbons (Fsp3) is 0.714.